The molecular formula is C18H23Cl2N5OS. The molecule has 0 unspecified atom stereocenters. The van der Waals surface area contributed by atoms with Gasteiger partial charge >= 0.3 is 0 Å². The van der Waals surface area contributed by atoms with Crippen molar-refractivity contribution < 1.29 is 4.79 Å². The predicted octanol–water partition coefficient (Wildman–Crippen LogP) is 3.18. The lowest BCUT2D eigenvalue weighted by molar-refractivity contribution is -0.122. The lowest BCUT2D eigenvalue weighted by Gasteiger charge is -2.24. The van der Waals surface area contributed by atoms with Crippen molar-refractivity contribution in [2.45, 2.75) is 32.4 Å². The van der Waals surface area contributed by atoms with Gasteiger partial charge in [-0.2, -0.15) is 0 Å². The monoisotopic (exact) mass is 427 g/mol. The van der Waals surface area contributed by atoms with Gasteiger partial charge in [0.05, 0.1) is 27.1 Å². The first-order valence-electron chi connectivity index (χ1n) is 8.58. The van der Waals surface area contributed by atoms with Gasteiger partial charge in [0.2, 0.25) is 5.91 Å². The fraction of sp³-hybridized carbons (Fsp3) is 0.389. The molecule has 0 spiro atoms. The van der Waals surface area contributed by atoms with E-state index in [1.54, 1.807) is 11.3 Å². The van der Waals surface area contributed by atoms with Crippen LogP contribution in [0.4, 0.5) is 0 Å². The van der Waals surface area contributed by atoms with Crippen molar-refractivity contribution in [2.75, 3.05) is 13.1 Å². The van der Waals surface area contributed by atoms with Crippen molar-refractivity contribution in [2.24, 2.45) is 0 Å². The molecule has 146 valence electrons. The second-order valence-electron chi connectivity index (χ2n) is 6.39. The molecule has 3 heterocycles. The standard InChI is InChI=1S/C18H21N5OS.2ClH/c1-12-17(25-11-20-12)18-22-14-6-2-3-7-15(14)23(18)10-16(24)21-13-5-4-8-19-9-13;;/h2-3,6-7,11,13,19H,4-5,8-10H2,1H3,(H,21,24);2*1H/t13-;;/m0../s1. The van der Waals surface area contributed by atoms with Gasteiger partial charge in [-0.25, -0.2) is 9.97 Å². The summed E-state index contributed by atoms with van der Waals surface area (Å²) in [5.74, 6) is 0.846. The Morgan fingerprint density at radius 3 is 2.89 bits per heavy atom. The SMILES string of the molecule is Cc1ncsc1-c1nc2ccccc2n1CC(=O)N[C@H]1CCCNC1.Cl.Cl. The first-order valence-corrected chi connectivity index (χ1v) is 9.46. The van der Waals surface area contributed by atoms with E-state index in [2.05, 4.69) is 15.6 Å². The van der Waals surface area contributed by atoms with E-state index >= 15 is 0 Å². The number of fused-ring (bicyclic) bond motifs is 1. The Labute approximate surface area is 174 Å². The number of nitrogens with zero attached hydrogens (tertiary/aromatic N) is 3. The van der Waals surface area contributed by atoms with Crippen molar-refractivity contribution in [3.63, 3.8) is 0 Å². The molecule has 1 atom stereocenters. The third-order valence-electron chi connectivity index (χ3n) is 4.57. The molecule has 27 heavy (non-hydrogen) atoms. The highest BCUT2D eigenvalue weighted by Crippen LogP contribution is 2.29. The Morgan fingerprint density at radius 2 is 2.19 bits per heavy atom. The van der Waals surface area contributed by atoms with Crippen molar-refractivity contribution >= 4 is 53.1 Å². The first kappa shape index (κ1) is 21.6. The molecule has 1 fully saturated rings. The predicted molar refractivity (Wildman–Crippen MR) is 114 cm³/mol. The van der Waals surface area contributed by atoms with Crippen LogP contribution in [0.25, 0.3) is 21.7 Å². The summed E-state index contributed by atoms with van der Waals surface area (Å²) in [5.41, 5.74) is 4.64. The van der Waals surface area contributed by atoms with Gasteiger partial charge in [-0.1, -0.05) is 12.1 Å². The zero-order valence-corrected chi connectivity index (χ0v) is 17.4. The van der Waals surface area contributed by atoms with Gasteiger partial charge in [-0.05, 0) is 38.4 Å². The van der Waals surface area contributed by atoms with Gasteiger partial charge in [0.1, 0.15) is 6.54 Å². The Hall–Kier alpha value is -1.67. The third-order valence-corrected chi connectivity index (χ3v) is 5.49. The molecule has 9 heteroatoms. The summed E-state index contributed by atoms with van der Waals surface area (Å²) in [6.07, 6.45) is 2.13. The zero-order chi connectivity index (χ0) is 17.2. The number of hydrogen-bond acceptors (Lipinski definition) is 5. The quantitative estimate of drug-likeness (QED) is 0.670. The normalized spacial score (nSPS) is 16.4. The minimum Gasteiger partial charge on any atom is -0.351 e. The highest BCUT2D eigenvalue weighted by Gasteiger charge is 2.20. The summed E-state index contributed by atoms with van der Waals surface area (Å²) < 4.78 is 2.00. The van der Waals surface area contributed by atoms with Crippen LogP contribution in [-0.4, -0.2) is 39.6 Å². The van der Waals surface area contributed by atoms with E-state index < -0.39 is 0 Å². The molecule has 1 saturated heterocycles. The number of carbonyl (C=O) groups is 1. The Balaban J connectivity index is 0.00000131. The van der Waals surface area contributed by atoms with Gasteiger partial charge in [-0.3, -0.25) is 4.79 Å². The average molecular weight is 428 g/mol. The molecule has 0 aliphatic carbocycles. The summed E-state index contributed by atoms with van der Waals surface area (Å²) in [5, 5.41) is 6.48. The van der Waals surface area contributed by atoms with E-state index in [9.17, 15) is 4.79 Å². The van der Waals surface area contributed by atoms with E-state index in [1.165, 1.54) is 0 Å². The molecule has 0 saturated carbocycles. The number of piperidine rings is 1. The molecule has 0 bridgehead atoms. The summed E-state index contributed by atoms with van der Waals surface area (Å²) in [6.45, 7) is 4.12. The van der Waals surface area contributed by atoms with Crippen molar-refractivity contribution in [1.29, 1.82) is 0 Å². The number of halogens is 2. The van der Waals surface area contributed by atoms with Gasteiger partial charge in [0.15, 0.2) is 5.82 Å². The van der Waals surface area contributed by atoms with E-state index in [0.29, 0.717) is 0 Å². The van der Waals surface area contributed by atoms with Crippen LogP contribution in [-0.2, 0) is 11.3 Å². The number of carbonyl (C=O) groups excluding carboxylic acids is 1. The van der Waals surface area contributed by atoms with Gasteiger partial charge in [0.25, 0.3) is 0 Å². The second kappa shape index (κ2) is 9.50. The van der Waals surface area contributed by atoms with Crippen molar-refractivity contribution in [1.82, 2.24) is 25.2 Å². The maximum atomic E-state index is 12.6. The van der Waals surface area contributed by atoms with Gasteiger partial charge < -0.3 is 15.2 Å². The smallest absolute Gasteiger partial charge is 0.240 e. The lowest BCUT2D eigenvalue weighted by Crippen LogP contribution is -2.46. The van der Waals surface area contributed by atoms with Crippen LogP contribution in [0.3, 0.4) is 0 Å². The topological polar surface area (TPSA) is 71.8 Å². The zero-order valence-electron chi connectivity index (χ0n) is 15.0. The summed E-state index contributed by atoms with van der Waals surface area (Å²) in [7, 11) is 0. The van der Waals surface area contributed by atoms with Gasteiger partial charge in [-0.15, -0.1) is 36.2 Å². The van der Waals surface area contributed by atoms with Crippen LogP contribution >= 0.6 is 36.2 Å². The maximum absolute atomic E-state index is 12.6. The van der Waals surface area contributed by atoms with E-state index in [1.807, 2.05) is 41.3 Å². The van der Waals surface area contributed by atoms with Crippen molar-refractivity contribution in [3.8, 4) is 10.7 Å². The molecule has 4 rings (SSSR count). The summed E-state index contributed by atoms with van der Waals surface area (Å²) in [4.78, 5) is 22.7. The molecule has 1 amide bonds. The fourth-order valence-electron chi connectivity index (χ4n) is 3.32. The molecule has 0 radical (unpaired) electrons. The number of nitrogens with one attached hydrogen (secondary N) is 2. The number of benzene rings is 1. The van der Waals surface area contributed by atoms with Crippen LogP contribution in [0, 0.1) is 6.92 Å². The maximum Gasteiger partial charge on any atom is 0.240 e. The lowest BCUT2D eigenvalue weighted by atomic mass is 10.1. The van der Waals surface area contributed by atoms with Crippen LogP contribution in [0.15, 0.2) is 29.8 Å². The molecule has 6 nitrogen and oxygen atoms in total. The molecule has 2 N–H and O–H groups in total. The van der Waals surface area contributed by atoms with Crippen LogP contribution in [0.2, 0.25) is 0 Å². The molecular weight excluding hydrogens is 405 g/mol. The van der Waals surface area contributed by atoms with E-state index in [-0.39, 0.29) is 43.3 Å². The largest absolute Gasteiger partial charge is 0.351 e. The van der Waals surface area contributed by atoms with E-state index in [4.69, 9.17) is 4.98 Å². The van der Waals surface area contributed by atoms with Crippen LogP contribution in [0.1, 0.15) is 18.5 Å². The summed E-state index contributed by atoms with van der Waals surface area (Å²) in [6, 6.07) is 8.15. The van der Waals surface area contributed by atoms with E-state index in [0.717, 1.165) is 53.4 Å². The third kappa shape index (κ3) is 4.60. The van der Waals surface area contributed by atoms with Gasteiger partial charge in [0, 0.05) is 12.6 Å². The molecule has 1 aliphatic heterocycles. The first-order chi connectivity index (χ1) is 12.2. The number of aryl methyl sites for hydroxylation is 1. The number of thiazole rings is 1. The van der Waals surface area contributed by atoms with Crippen LogP contribution < -0.4 is 10.6 Å². The highest BCUT2D eigenvalue weighted by atomic mass is 35.5. The number of imidazole rings is 1. The molecule has 1 aliphatic rings. The number of amides is 1. The number of hydrogen-bond donors (Lipinski definition) is 2. The molecule has 1 aromatic carbocycles. The summed E-state index contributed by atoms with van der Waals surface area (Å²) >= 11 is 1.56. The minimum absolute atomic E-state index is 0. The molecule has 2 aromatic heterocycles. The number of aromatic nitrogens is 3. The Kier molecular flexibility index (Phi) is 7.61. The molecule has 3 aromatic rings. The Bertz CT molecular complexity index is 904. The fourth-order valence-corrected chi connectivity index (χ4v) is 4.12. The second-order valence-corrected chi connectivity index (χ2v) is 7.24. The number of rotatable bonds is 4. The minimum atomic E-state index is 0. The van der Waals surface area contributed by atoms with Crippen LogP contribution in [0.5, 0.6) is 0 Å². The Morgan fingerprint density at radius 1 is 1.37 bits per heavy atom. The van der Waals surface area contributed by atoms with Crippen molar-refractivity contribution in [3.05, 3.63) is 35.5 Å². The highest BCUT2D eigenvalue weighted by molar-refractivity contribution is 7.13. The average Bonchev–Trinajstić information content (AvgIpc) is 3.19. The number of para-hydroxylation sites is 2.